The van der Waals surface area contributed by atoms with Crippen LogP contribution < -0.4 is 0 Å². The summed E-state index contributed by atoms with van der Waals surface area (Å²) in [5.41, 5.74) is 7.57. The summed E-state index contributed by atoms with van der Waals surface area (Å²) in [6.07, 6.45) is 8.73. The number of nitrogens with one attached hydrogen (secondary N) is 1. The van der Waals surface area contributed by atoms with E-state index in [0.29, 0.717) is 5.92 Å². The second kappa shape index (κ2) is 7.79. The molecular formula is C24H27N3OS. The summed E-state index contributed by atoms with van der Waals surface area (Å²) in [7, 11) is 0. The number of thiophene rings is 1. The van der Waals surface area contributed by atoms with Crippen LogP contribution in [0, 0.1) is 6.92 Å². The Balaban J connectivity index is 1.40. The Kier molecular flexibility index (Phi) is 5.00. The topological polar surface area (TPSA) is 49.0 Å². The minimum atomic E-state index is 0.236. The number of hydrogen-bond donors (Lipinski definition) is 1. The quantitative estimate of drug-likeness (QED) is 0.639. The number of piperidine rings is 1. The molecule has 5 rings (SSSR count). The van der Waals surface area contributed by atoms with Crippen LogP contribution in [0.5, 0.6) is 0 Å². The molecule has 2 aliphatic rings. The van der Waals surface area contributed by atoms with Crippen LogP contribution in [0.4, 0.5) is 0 Å². The van der Waals surface area contributed by atoms with Gasteiger partial charge in [0.15, 0.2) is 0 Å². The number of rotatable bonds is 3. The summed E-state index contributed by atoms with van der Waals surface area (Å²) in [5.74, 6) is 0.542. The number of nitrogens with zero attached hydrogens (tertiary/aromatic N) is 2. The van der Waals surface area contributed by atoms with Gasteiger partial charge in [-0.1, -0.05) is 24.3 Å². The molecule has 1 aliphatic heterocycles. The number of carbonyl (C=O) groups is 1. The maximum Gasteiger partial charge on any atom is 0.264 e. The Bertz CT molecular complexity index is 1030. The molecule has 3 heterocycles. The van der Waals surface area contributed by atoms with Crippen LogP contribution in [0.25, 0.3) is 11.1 Å². The van der Waals surface area contributed by atoms with E-state index in [2.05, 4.69) is 51.7 Å². The lowest BCUT2D eigenvalue weighted by atomic mass is 9.89. The first-order valence-electron chi connectivity index (χ1n) is 10.7. The highest BCUT2D eigenvalue weighted by Crippen LogP contribution is 2.36. The van der Waals surface area contributed by atoms with E-state index in [4.69, 9.17) is 0 Å². The molecule has 1 N–H and O–H groups in total. The third-order valence-electron chi connectivity index (χ3n) is 6.52. The number of hydrogen-bond acceptors (Lipinski definition) is 3. The molecule has 1 amide bonds. The van der Waals surface area contributed by atoms with Gasteiger partial charge >= 0.3 is 0 Å². The highest BCUT2D eigenvalue weighted by molar-refractivity contribution is 7.12. The predicted octanol–water partition coefficient (Wildman–Crippen LogP) is 5.35. The number of H-pyrrole nitrogens is 1. The summed E-state index contributed by atoms with van der Waals surface area (Å²) < 4.78 is 0. The van der Waals surface area contributed by atoms with E-state index in [1.54, 1.807) is 11.3 Å². The molecule has 0 spiro atoms. The van der Waals surface area contributed by atoms with Gasteiger partial charge in [-0.25, -0.2) is 0 Å². The van der Waals surface area contributed by atoms with Crippen LogP contribution in [-0.4, -0.2) is 34.1 Å². The molecule has 0 saturated carbocycles. The van der Waals surface area contributed by atoms with Crippen molar-refractivity contribution in [1.82, 2.24) is 15.1 Å². The molecule has 3 aromatic rings. The molecule has 1 aliphatic carbocycles. The van der Waals surface area contributed by atoms with Crippen LogP contribution >= 0.6 is 11.3 Å². The van der Waals surface area contributed by atoms with Gasteiger partial charge in [0.1, 0.15) is 0 Å². The number of fused-ring (bicyclic) bond motifs is 1. The minimum Gasteiger partial charge on any atom is -0.337 e. The van der Waals surface area contributed by atoms with Crippen molar-refractivity contribution in [1.29, 1.82) is 0 Å². The van der Waals surface area contributed by atoms with Crippen molar-refractivity contribution in [3.05, 3.63) is 63.1 Å². The molecule has 0 radical (unpaired) electrons. The van der Waals surface area contributed by atoms with Crippen molar-refractivity contribution in [2.75, 3.05) is 13.1 Å². The van der Waals surface area contributed by atoms with Gasteiger partial charge in [0.05, 0.1) is 11.1 Å². The number of aromatic amines is 1. The molecule has 1 atom stereocenters. The molecule has 1 aromatic carbocycles. The first kappa shape index (κ1) is 18.6. The monoisotopic (exact) mass is 405 g/mol. The lowest BCUT2D eigenvalue weighted by molar-refractivity contribution is 0.0709. The van der Waals surface area contributed by atoms with Crippen molar-refractivity contribution in [3.8, 4) is 11.1 Å². The summed E-state index contributed by atoms with van der Waals surface area (Å²) in [6.45, 7) is 3.77. The van der Waals surface area contributed by atoms with Crippen LogP contribution in [-0.2, 0) is 12.8 Å². The van der Waals surface area contributed by atoms with E-state index in [1.807, 2.05) is 6.20 Å². The lowest BCUT2D eigenvalue weighted by Crippen LogP contribution is -2.39. The molecule has 29 heavy (non-hydrogen) atoms. The molecule has 150 valence electrons. The van der Waals surface area contributed by atoms with E-state index >= 15 is 0 Å². The third kappa shape index (κ3) is 3.42. The van der Waals surface area contributed by atoms with E-state index in [1.165, 1.54) is 46.4 Å². The van der Waals surface area contributed by atoms with Gasteiger partial charge in [-0.15, -0.1) is 11.3 Å². The Hall–Kier alpha value is -2.40. The first-order chi connectivity index (χ1) is 14.2. The molecule has 2 aromatic heterocycles. The number of aromatic nitrogens is 2. The average Bonchev–Trinajstić information content (AvgIpc) is 3.41. The van der Waals surface area contributed by atoms with Crippen molar-refractivity contribution >= 4 is 17.2 Å². The summed E-state index contributed by atoms with van der Waals surface area (Å²) in [5, 5.41) is 9.84. The standard InChI is InChI=1S/C24H27N3OS/c1-16-7-2-4-10-19(16)21-13-25-26-22(21)17-9-6-12-27(14-17)24(28)23-20-11-5-3-8-18(20)15-29-23/h2,4,7,10,13,15,17H,3,5-6,8-9,11-12,14H2,1H3,(H,25,26)/t17-/m0/s1. The molecule has 4 nitrogen and oxygen atoms in total. The Morgan fingerprint density at radius 2 is 2.03 bits per heavy atom. The largest absolute Gasteiger partial charge is 0.337 e. The van der Waals surface area contributed by atoms with E-state index in [9.17, 15) is 4.79 Å². The van der Waals surface area contributed by atoms with Gasteiger partial charge in [0, 0.05) is 30.3 Å². The molecule has 0 bridgehead atoms. The molecule has 5 heteroatoms. The Morgan fingerprint density at radius 1 is 1.17 bits per heavy atom. The number of aryl methyl sites for hydroxylation is 2. The highest BCUT2D eigenvalue weighted by atomic mass is 32.1. The second-order valence-electron chi connectivity index (χ2n) is 8.38. The van der Waals surface area contributed by atoms with E-state index in [-0.39, 0.29) is 5.91 Å². The lowest BCUT2D eigenvalue weighted by Gasteiger charge is -2.33. The van der Waals surface area contributed by atoms with Gasteiger partial charge in [-0.2, -0.15) is 5.10 Å². The second-order valence-corrected chi connectivity index (χ2v) is 9.26. The zero-order valence-electron chi connectivity index (χ0n) is 16.9. The number of carbonyl (C=O) groups excluding carboxylic acids is 1. The van der Waals surface area contributed by atoms with E-state index in [0.717, 1.165) is 43.6 Å². The fourth-order valence-electron chi connectivity index (χ4n) is 4.94. The summed E-state index contributed by atoms with van der Waals surface area (Å²) >= 11 is 1.66. The summed E-state index contributed by atoms with van der Waals surface area (Å²) in [4.78, 5) is 16.4. The maximum absolute atomic E-state index is 13.4. The van der Waals surface area contributed by atoms with Gasteiger partial charge in [0.25, 0.3) is 5.91 Å². The van der Waals surface area contributed by atoms with Gasteiger partial charge in [-0.05, 0) is 73.1 Å². The van der Waals surface area contributed by atoms with Crippen LogP contribution in [0.1, 0.15) is 63.7 Å². The van der Waals surface area contributed by atoms with Gasteiger partial charge in [-0.3, -0.25) is 9.89 Å². The van der Waals surface area contributed by atoms with E-state index < -0.39 is 0 Å². The van der Waals surface area contributed by atoms with Crippen LogP contribution in [0.15, 0.2) is 35.8 Å². The average molecular weight is 406 g/mol. The molecular weight excluding hydrogens is 378 g/mol. The fourth-order valence-corrected chi connectivity index (χ4v) is 6.06. The molecule has 1 saturated heterocycles. The van der Waals surface area contributed by atoms with Crippen LogP contribution in [0.2, 0.25) is 0 Å². The summed E-state index contributed by atoms with van der Waals surface area (Å²) in [6, 6.07) is 8.45. The number of amides is 1. The Labute approximate surface area is 176 Å². The Morgan fingerprint density at radius 3 is 2.93 bits per heavy atom. The molecule has 1 fully saturated rings. The van der Waals surface area contributed by atoms with Crippen molar-refractivity contribution < 1.29 is 4.79 Å². The normalized spacial score (nSPS) is 19.2. The van der Waals surface area contributed by atoms with Crippen molar-refractivity contribution in [2.45, 2.75) is 51.4 Å². The number of likely N-dealkylation sites (tertiary alicyclic amines) is 1. The zero-order chi connectivity index (χ0) is 19.8. The zero-order valence-corrected chi connectivity index (χ0v) is 17.7. The third-order valence-corrected chi connectivity index (χ3v) is 7.58. The fraction of sp³-hybridized carbons (Fsp3) is 0.417. The van der Waals surface area contributed by atoms with Crippen molar-refractivity contribution in [3.63, 3.8) is 0 Å². The SMILES string of the molecule is Cc1ccccc1-c1cn[nH]c1[C@H]1CCCN(C(=O)c2scc3c2CCCC3)C1. The maximum atomic E-state index is 13.4. The van der Waals surface area contributed by atoms with Gasteiger partial charge in [0.2, 0.25) is 0 Å². The highest BCUT2D eigenvalue weighted by Gasteiger charge is 2.30. The molecule has 0 unspecified atom stereocenters. The number of benzene rings is 1. The first-order valence-corrected chi connectivity index (χ1v) is 11.6. The minimum absolute atomic E-state index is 0.236. The van der Waals surface area contributed by atoms with Gasteiger partial charge < -0.3 is 4.90 Å². The van der Waals surface area contributed by atoms with Crippen molar-refractivity contribution in [2.24, 2.45) is 0 Å². The van der Waals surface area contributed by atoms with Crippen LogP contribution in [0.3, 0.4) is 0 Å². The smallest absolute Gasteiger partial charge is 0.264 e. The predicted molar refractivity (Wildman–Crippen MR) is 118 cm³/mol.